The molecule has 19 heavy (non-hydrogen) atoms. The van der Waals surface area contributed by atoms with Gasteiger partial charge in [-0.2, -0.15) is 0 Å². The fourth-order valence-electron chi connectivity index (χ4n) is 1.31. The number of hydrogen-bond acceptors (Lipinski definition) is 5. The molecule has 0 aliphatic heterocycles. The van der Waals surface area contributed by atoms with E-state index in [2.05, 4.69) is 36.8 Å². The van der Waals surface area contributed by atoms with Crippen molar-refractivity contribution in [3.8, 4) is 0 Å². The smallest absolute Gasteiger partial charge is 0.286 e. The van der Waals surface area contributed by atoms with Gasteiger partial charge in [0.05, 0.1) is 15.2 Å². The van der Waals surface area contributed by atoms with Crippen molar-refractivity contribution in [1.82, 2.24) is 10.2 Å². The maximum atomic E-state index is 12.0. The summed E-state index contributed by atoms with van der Waals surface area (Å²) in [5.74, 6) is -0.315. The van der Waals surface area contributed by atoms with Crippen molar-refractivity contribution in [3.05, 3.63) is 32.7 Å². The maximum absolute atomic E-state index is 12.0. The molecular weight excluding hydrogens is 352 g/mol. The van der Waals surface area contributed by atoms with Gasteiger partial charge in [0.15, 0.2) is 0 Å². The van der Waals surface area contributed by atoms with Crippen LogP contribution in [0.4, 0.5) is 10.8 Å². The molecule has 0 radical (unpaired) electrons. The molecule has 5 nitrogen and oxygen atoms in total. The van der Waals surface area contributed by atoms with Crippen LogP contribution in [0.5, 0.6) is 0 Å². The highest BCUT2D eigenvalue weighted by Crippen LogP contribution is 2.30. The molecule has 100 valence electrons. The number of amides is 1. The molecule has 2 aromatic rings. The van der Waals surface area contributed by atoms with E-state index in [9.17, 15) is 4.79 Å². The Bertz CT molecular complexity index is 604. The molecule has 0 spiro atoms. The molecular formula is C11H10BrClN4OS. The third-order valence-corrected chi connectivity index (χ3v) is 4.42. The molecule has 1 amide bonds. The summed E-state index contributed by atoms with van der Waals surface area (Å²) in [5.41, 5.74) is 0.595. The van der Waals surface area contributed by atoms with Crippen LogP contribution in [-0.2, 0) is 0 Å². The Morgan fingerprint density at radius 3 is 3.00 bits per heavy atom. The molecule has 1 aromatic heterocycles. The first-order valence-electron chi connectivity index (χ1n) is 5.44. The first kappa shape index (κ1) is 14.2. The second-order valence-corrected chi connectivity index (χ2v) is 5.68. The summed E-state index contributed by atoms with van der Waals surface area (Å²) in [6.07, 6.45) is 0. The molecule has 0 aliphatic rings. The third-order valence-electron chi connectivity index (χ3n) is 2.15. The summed E-state index contributed by atoms with van der Waals surface area (Å²) < 4.78 is 0.640. The summed E-state index contributed by atoms with van der Waals surface area (Å²) in [6, 6.07) is 5.24. The van der Waals surface area contributed by atoms with Gasteiger partial charge in [0.1, 0.15) is 0 Å². The lowest BCUT2D eigenvalue weighted by atomic mass is 10.3. The lowest BCUT2D eigenvalue weighted by molar-refractivity contribution is 0.102. The summed E-state index contributed by atoms with van der Waals surface area (Å²) in [7, 11) is 0. The topological polar surface area (TPSA) is 66.9 Å². The minimum Gasteiger partial charge on any atom is -0.360 e. The zero-order chi connectivity index (χ0) is 13.8. The van der Waals surface area contributed by atoms with E-state index < -0.39 is 0 Å². The molecule has 0 saturated heterocycles. The first-order chi connectivity index (χ1) is 9.11. The highest BCUT2D eigenvalue weighted by atomic mass is 79.9. The molecule has 0 saturated carbocycles. The zero-order valence-corrected chi connectivity index (χ0v) is 13.1. The van der Waals surface area contributed by atoms with Gasteiger partial charge in [0.2, 0.25) is 10.1 Å². The van der Waals surface area contributed by atoms with Gasteiger partial charge in [-0.25, -0.2) is 0 Å². The van der Waals surface area contributed by atoms with E-state index in [0.717, 1.165) is 6.54 Å². The van der Waals surface area contributed by atoms with Crippen molar-refractivity contribution >= 4 is 55.6 Å². The number of halogens is 2. The molecule has 8 heteroatoms. The van der Waals surface area contributed by atoms with Crippen LogP contribution in [0.25, 0.3) is 0 Å². The summed E-state index contributed by atoms with van der Waals surface area (Å²) in [6.45, 7) is 2.68. The molecule has 0 atom stereocenters. The molecule has 0 unspecified atom stereocenters. The number of benzene rings is 1. The summed E-state index contributed by atoms with van der Waals surface area (Å²) in [4.78, 5) is 12.0. The number of carbonyl (C=O) groups is 1. The highest BCUT2D eigenvalue weighted by Gasteiger charge is 2.14. The number of rotatable bonds is 4. The standard InChI is InChI=1S/C11H10BrClN4OS/c1-2-14-11-17-16-10(19-11)9(18)15-7-5-3-4-6(13)8(7)12/h3-5H,2H2,1H3,(H,14,17)(H,15,18). The molecule has 0 bridgehead atoms. The monoisotopic (exact) mass is 360 g/mol. The second-order valence-electron chi connectivity index (χ2n) is 3.50. The number of nitrogens with one attached hydrogen (secondary N) is 2. The van der Waals surface area contributed by atoms with Gasteiger partial charge in [-0.3, -0.25) is 4.79 Å². The number of carbonyl (C=O) groups excluding carboxylic acids is 1. The summed E-state index contributed by atoms with van der Waals surface area (Å²) >= 11 is 10.5. The van der Waals surface area contributed by atoms with E-state index in [1.54, 1.807) is 18.2 Å². The van der Waals surface area contributed by atoms with Gasteiger partial charge in [-0.15, -0.1) is 10.2 Å². The van der Waals surface area contributed by atoms with Crippen molar-refractivity contribution in [2.75, 3.05) is 17.2 Å². The van der Waals surface area contributed by atoms with Crippen LogP contribution in [-0.4, -0.2) is 22.6 Å². The molecule has 0 fully saturated rings. The van der Waals surface area contributed by atoms with E-state index in [-0.39, 0.29) is 5.91 Å². The molecule has 2 rings (SSSR count). The zero-order valence-electron chi connectivity index (χ0n) is 9.91. The second kappa shape index (κ2) is 6.31. The highest BCUT2D eigenvalue weighted by molar-refractivity contribution is 9.10. The quantitative estimate of drug-likeness (QED) is 0.872. The minimum atomic E-state index is -0.315. The first-order valence-corrected chi connectivity index (χ1v) is 7.43. The van der Waals surface area contributed by atoms with Gasteiger partial charge in [-0.1, -0.05) is 29.0 Å². The van der Waals surface area contributed by atoms with Crippen LogP contribution in [0.1, 0.15) is 16.7 Å². The maximum Gasteiger partial charge on any atom is 0.286 e. The van der Waals surface area contributed by atoms with Gasteiger partial charge >= 0.3 is 0 Å². The van der Waals surface area contributed by atoms with Gasteiger partial charge in [0, 0.05) is 6.54 Å². The number of nitrogens with zero attached hydrogens (tertiary/aromatic N) is 2. The molecule has 1 aromatic carbocycles. The van der Waals surface area contributed by atoms with E-state index in [4.69, 9.17) is 11.6 Å². The normalized spacial score (nSPS) is 10.3. The van der Waals surface area contributed by atoms with Crippen LogP contribution < -0.4 is 10.6 Å². The lowest BCUT2D eigenvalue weighted by Crippen LogP contribution is -2.12. The third kappa shape index (κ3) is 3.43. The van der Waals surface area contributed by atoms with E-state index in [1.165, 1.54) is 11.3 Å². The average Bonchev–Trinajstić information content (AvgIpc) is 2.84. The average molecular weight is 362 g/mol. The van der Waals surface area contributed by atoms with Crippen LogP contribution in [0.3, 0.4) is 0 Å². The predicted molar refractivity (Wildman–Crippen MR) is 81.2 cm³/mol. The fraction of sp³-hybridized carbons (Fsp3) is 0.182. The Morgan fingerprint density at radius 1 is 1.47 bits per heavy atom. The van der Waals surface area contributed by atoms with Crippen LogP contribution in [0.15, 0.2) is 22.7 Å². The van der Waals surface area contributed by atoms with Crippen LogP contribution in [0, 0.1) is 0 Å². The SMILES string of the molecule is CCNc1nnc(C(=O)Nc2cccc(Cl)c2Br)s1. The molecule has 2 N–H and O–H groups in total. The lowest BCUT2D eigenvalue weighted by Gasteiger charge is -2.06. The summed E-state index contributed by atoms with van der Waals surface area (Å²) in [5, 5.41) is 14.9. The molecule has 1 heterocycles. The Kier molecular flexibility index (Phi) is 4.73. The van der Waals surface area contributed by atoms with Crippen molar-refractivity contribution < 1.29 is 4.79 Å². The van der Waals surface area contributed by atoms with Gasteiger partial charge in [-0.05, 0) is 35.0 Å². The van der Waals surface area contributed by atoms with Crippen molar-refractivity contribution in [2.24, 2.45) is 0 Å². The predicted octanol–water partition coefficient (Wildman–Crippen LogP) is 3.64. The fourth-order valence-corrected chi connectivity index (χ4v) is 2.56. The van der Waals surface area contributed by atoms with Gasteiger partial charge < -0.3 is 10.6 Å². The van der Waals surface area contributed by atoms with Crippen LogP contribution >= 0.6 is 38.9 Å². The van der Waals surface area contributed by atoms with Crippen molar-refractivity contribution in [1.29, 1.82) is 0 Å². The van der Waals surface area contributed by atoms with Gasteiger partial charge in [0.25, 0.3) is 5.91 Å². The Balaban J connectivity index is 2.14. The van der Waals surface area contributed by atoms with Crippen LogP contribution in [0.2, 0.25) is 5.02 Å². The Hall–Kier alpha value is -1.18. The number of anilines is 2. The van der Waals surface area contributed by atoms with Crippen molar-refractivity contribution in [3.63, 3.8) is 0 Å². The van der Waals surface area contributed by atoms with E-state index in [1.807, 2.05) is 6.92 Å². The number of aromatic nitrogens is 2. The minimum absolute atomic E-state index is 0.294. The molecule has 0 aliphatic carbocycles. The number of hydrogen-bond donors (Lipinski definition) is 2. The van der Waals surface area contributed by atoms with E-state index >= 15 is 0 Å². The Labute approximate surface area is 127 Å². The van der Waals surface area contributed by atoms with Crippen molar-refractivity contribution in [2.45, 2.75) is 6.92 Å². The largest absolute Gasteiger partial charge is 0.360 e. The van der Waals surface area contributed by atoms with E-state index in [0.29, 0.717) is 25.3 Å². The Morgan fingerprint density at radius 2 is 2.26 bits per heavy atom.